The number of hydrogen-bond acceptors (Lipinski definition) is 3. The number of rotatable bonds is 3. The van der Waals surface area contributed by atoms with Crippen LogP contribution in [0, 0.1) is 5.92 Å². The second-order valence-electron chi connectivity index (χ2n) is 6.46. The first-order chi connectivity index (χ1) is 11.5. The second-order valence-corrected chi connectivity index (χ2v) is 7.27. The van der Waals surface area contributed by atoms with Gasteiger partial charge in [-0.3, -0.25) is 9.59 Å². The average Bonchev–Trinajstić information content (AvgIpc) is 3.25. The van der Waals surface area contributed by atoms with Gasteiger partial charge in [0.05, 0.1) is 10.0 Å². The van der Waals surface area contributed by atoms with Crippen molar-refractivity contribution in [1.82, 2.24) is 9.80 Å². The molecule has 3 rings (SSSR count). The van der Waals surface area contributed by atoms with E-state index in [9.17, 15) is 9.59 Å². The number of likely N-dealkylation sites (tertiary alicyclic amines) is 2. The summed E-state index contributed by atoms with van der Waals surface area (Å²) in [6.45, 7) is 2.61. The molecule has 2 aliphatic heterocycles. The highest BCUT2D eigenvalue weighted by Crippen LogP contribution is 2.27. The van der Waals surface area contributed by atoms with Gasteiger partial charge < -0.3 is 15.5 Å². The minimum atomic E-state index is -0.386. The number of carbonyl (C=O) groups excluding carboxylic acids is 2. The molecule has 0 radical (unpaired) electrons. The lowest BCUT2D eigenvalue weighted by atomic mass is 10.1. The molecule has 130 valence electrons. The van der Waals surface area contributed by atoms with E-state index in [1.165, 1.54) is 0 Å². The molecule has 2 aliphatic rings. The minimum absolute atomic E-state index is 0.0388. The van der Waals surface area contributed by atoms with Crippen LogP contribution < -0.4 is 5.73 Å². The fourth-order valence-electron chi connectivity index (χ4n) is 3.50. The molecule has 2 fully saturated rings. The Kier molecular flexibility index (Phi) is 5.33. The maximum atomic E-state index is 12.8. The molecule has 1 aromatic carbocycles. The first-order valence-electron chi connectivity index (χ1n) is 8.26. The molecule has 0 spiro atoms. The summed E-state index contributed by atoms with van der Waals surface area (Å²) in [5.41, 5.74) is 6.17. The molecule has 0 aromatic heterocycles. The summed E-state index contributed by atoms with van der Waals surface area (Å²) in [5, 5.41) is 0.752. The van der Waals surface area contributed by atoms with Crippen molar-refractivity contribution in [3.8, 4) is 0 Å². The molecular formula is C17H21Cl2N3O2. The molecule has 5 nitrogen and oxygen atoms in total. The van der Waals surface area contributed by atoms with E-state index < -0.39 is 0 Å². The Morgan fingerprint density at radius 1 is 1.17 bits per heavy atom. The van der Waals surface area contributed by atoms with Gasteiger partial charge in [0.1, 0.15) is 6.04 Å². The first kappa shape index (κ1) is 17.5. The maximum Gasteiger partial charge on any atom is 0.254 e. The van der Waals surface area contributed by atoms with E-state index in [1.807, 2.05) is 4.90 Å². The molecule has 7 heteroatoms. The number of nitrogens with zero attached hydrogens (tertiary/aromatic N) is 2. The van der Waals surface area contributed by atoms with Crippen molar-refractivity contribution in [2.24, 2.45) is 11.7 Å². The summed E-state index contributed by atoms with van der Waals surface area (Å²) in [7, 11) is 0. The van der Waals surface area contributed by atoms with Gasteiger partial charge in [-0.2, -0.15) is 0 Å². The normalized spacial score (nSPS) is 23.8. The minimum Gasteiger partial charge on any atom is -0.341 e. The van der Waals surface area contributed by atoms with Crippen LogP contribution in [0.4, 0.5) is 0 Å². The van der Waals surface area contributed by atoms with E-state index in [1.54, 1.807) is 23.1 Å². The Hall–Kier alpha value is -1.30. The van der Waals surface area contributed by atoms with Crippen LogP contribution in [-0.4, -0.2) is 53.8 Å². The summed E-state index contributed by atoms with van der Waals surface area (Å²) in [6, 6.07) is 4.43. The monoisotopic (exact) mass is 369 g/mol. The van der Waals surface area contributed by atoms with Crippen molar-refractivity contribution in [3.63, 3.8) is 0 Å². The zero-order chi connectivity index (χ0) is 17.3. The lowest BCUT2D eigenvalue weighted by Gasteiger charge is -2.28. The fraction of sp³-hybridized carbons (Fsp3) is 0.529. The predicted octanol–water partition coefficient (Wildman–Crippen LogP) is 2.41. The third kappa shape index (κ3) is 3.39. The summed E-state index contributed by atoms with van der Waals surface area (Å²) in [4.78, 5) is 29.1. The molecule has 2 unspecified atom stereocenters. The Labute approximate surface area is 151 Å². The molecule has 1 aromatic rings. The van der Waals surface area contributed by atoms with Gasteiger partial charge in [0, 0.05) is 25.2 Å². The van der Waals surface area contributed by atoms with Crippen LogP contribution in [-0.2, 0) is 4.79 Å². The van der Waals surface area contributed by atoms with Crippen molar-refractivity contribution >= 4 is 35.0 Å². The van der Waals surface area contributed by atoms with Crippen LogP contribution in [0.1, 0.15) is 29.6 Å². The molecule has 0 bridgehead atoms. The zero-order valence-corrected chi connectivity index (χ0v) is 14.9. The van der Waals surface area contributed by atoms with Crippen molar-refractivity contribution in [3.05, 3.63) is 33.8 Å². The van der Waals surface area contributed by atoms with Crippen LogP contribution >= 0.6 is 23.2 Å². The van der Waals surface area contributed by atoms with Gasteiger partial charge in [-0.15, -0.1) is 0 Å². The molecule has 2 N–H and O–H groups in total. The smallest absolute Gasteiger partial charge is 0.254 e. The highest BCUT2D eigenvalue weighted by molar-refractivity contribution is 6.42. The molecule has 2 heterocycles. The van der Waals surface area contributed by atoms with Gasteiger partial charge in [0.15, 0.2) is 0 Å². The van der Waals surface area contributed by atoms with Crippen LogP contribution in [0.5, 0.6) is 0 Å². The van der Waals surface area contributed by atoms with Gasteiger partial charge in [0.25, 0.3) is 5.91 Å². The maximum absolute atomic E-state index is 12.8. The topological polar surface area (TPSA) is 66.6 Å². The Balaban J connectivity index is 1.74. The largest absolute Gasteiger partial charge is 0.341 e. The van der Waals surface area contributed by atoms with Gasteiger partial charge >= 0.3 is 0 Å². The van der Waals surface area contributed by atoms with Crippen LogP contribution in [0.15, 0.2) is 18.2 Å². The number of nitrogens with two attached hydrogens (primary N) is 1. The van der Waals surface area contributed by atoms with E-state index in [-0.39, 0.29) is 17.9 Å². The number of carbonyl (C=O) groups is 2. The Morgan fingerprint density at radius 3 is 2.62 bits per heavy atom. The summed E-state index contributed by atoms with van der Waals surface area (Å²) >= 11 is 11.9. The molecule has 0 aliphatic carbocycles. The molecule has 24 heavy (non-hydrogen) atoms. The molecule has 2 atom stereocenters. The predicted molar refractivity (Wildman–Crippen MR) is 94.3 cm³/mol. The van der Waals surface area contributed by atoms with Crippen molar-refractivity contribution in [2.45, 2.75) is 25.3 Å². The van der Waals surface area contributed by atoms with Gasteiger partial charge in [0.2, 0.25) is 5.91 Å². The summed E-state index contributed by atoms with van der Waals surface area (Å²) in [5.74, 6) is 0.241. The number of halogens is 2. The van der Waals surface area contributed by atoms with E-state index in [2.05, 4.69) is 0 Å². The molecule has 2 amide bonds. The third-order valence-corrected chi connectivity index (χ3v) is 5.64. The Bertz CT molecular complexity index is 653. The van der Waals surface area contributed by atoms with E-state index in [0.717, 1.165) is 19.4 Å². The van der Waals surface area contributed by atoms with Crippen LogP contribution in [0.2, 0.25) is 10.0 Å². The number of amides is 2. The average molecular weight is 370 g/mol. The summed E-state index contributed by atoms with van der Waals surface area (Å²) in [6.07, 6.45) is 2.48. The quantitative estimate of drug-likeness (QED) is 0.889. The highest BCUT2D eigenvalue weighted by Gasteiger charge is 2.38. The van der Waals surface area contributed by atoms with Crippen molar-refractivity contribution < 1.29 is 9.59 Å². The Morgan fingerprint density at radius 2 is 1.96 bits per heavy atom. The van der Waals surface area contributed by atoms with Crippen molar-refractivity contribution in [1.29, 1.82) is 0 Å². The highest BCUT2D eigenvalue weighted by atomic mass is 35.5. The number of benzene rings is 1. The fourth-order valence-corrected chi connectivity index (χ4v) is 3.80. The van der Waals surface area contributed by atoms with Crippen LogP contribution in [0.25, 0.3) is 0 Å². The first-order valence-corrected chi connectivity index (χ1v) is 9.01. The van der Waals surface area contributed by atoms with Gasteiger partial charge in [-0.05, 0) is 49.9 Å². The molecule has 2 saturated heterocycles. The van der Waals surface area contributed by atoms with Gasteiger partial charge in [-0.25, -0.2) is 0 Å². The van der Waals surface area contributed by atoms with Gasteiger partial charge in [-0.1, -0.05) is 23.2 Å². The standard InChI is InChI=1S/C17H21Cl2N3O2/c18-13-4-3-12(8-14(13)19)16(23)22-6-1-2-15(22)17(24)21-7-5-11(9-20)10-21/h3-4,8,11,15H,1-2,5-7,9-10,20H2. The van der Waals surface area contributed by atoms with Crippen LogP contribution in [0.3, 0.4) is 0 Å². The lowest BCUT2D eigenvalue weighted by Crippen LogP contribution is -2.47. The van der Waals surface area contributed by atoms with E-state index >= 15 is 0 Å². The SMILES string of the molecule is NCC1CCN(C(=O)C2CCCN2C(=O)c2ccc(Cl)c(Cl)c2)C1. The molecular weight excluding hydrogens is 349 g/mol. The van der Waals surface area contributed by atoms with Crippen molar-refractivity contribution in [2.75, 3.05) is 26.2 Å². The second kappa shape index (κ2) is 7.30. The summed E-state index contributed by atoms with van der Waals surface area (Å²) < 4.78 is 0. The zero-order valence-electron chi connectivity index (χ0n) is 13.4. The third-order valence-electron chi connectivity index (χ3n) is 4.90. The van der Waals surface area contributed by atoms with E-state index in [4.69, 9.17) is 28.9 Å². The molecule has 0 saturated carbocycles. The van der Waals surface area contributed by atoms with E-state index in [0.29, 0.717) is 47.6 Å². The lowest BCUT2D eigenvalue weighted by molar-refractivity contribution is -0.134. The number of hydrogen-bond donors (Lipinski definition) is 1.